The third kappa shape index (κ3) is 1.98. The van der Waals surface area contributed by atoms with Crippen LogP contribution in [0.2, 0.25) is 0 Å². The molecule has 0 aromatic carbocycles. The Balaban J connectivity index is 2.12. The van der Waals surface area contributed by atoms with Gasteiger partial charge >= 0.3 is 0 Å². The van der Waals surface area contributed by atoms with Gasteiger partial charge in [-0.05, 0) is 26.3 Å². The van der Waals surface area contributed by atoms with Crippen LogP contribution in [0.4, 0.5) is 0 Å². The molecule has 3 heterocycles. The van der Waals surface area contributed by atoms with E-state index >= 15 is 0 Å². The Morgan fingerprint density at radius 3 is 2.84 bits per heavy atom. The van der Waals surface area contributed by atoms with Gasteiger partial charge in [-0.25, -0.2) is 4.98 Å². The maximum atomic E-state index is 12.4. The first-order valence-electron chi connectivity index (χ1n) is 5.93. The molecule has 0 bridgehead atoms. The van der Waals surface area contributed by atoms with E-state index < -0.39 is 0 Å². The summed E-state index contributed by atoms with van der Waals surface area (Å²) in [5, 5.41) is 4.61. The Kier molecular flexibility index (Phi) is 2.74. The molecule has 0 fully saturated rings. The molecule has 0 amide bonds. The second kappa shape index (κ2) is 4.31. The first-order valence-corrected chi connectivity index (χ1v) is 6.75. The fourth-order valence-corrected chi connectivity index (χ4v) is 3.04. The smallest absolute Gasteiger partial charge is 0.262 e. The summed E-state index contributed by atoms with van der Waals surface area (Å²) in [6, 6.07) is 1.82. The minimum absolute atomic E-state index is 0.0208. The Morgan fingerprint density at radius 1 is 1.37 bits per heavy atom. The van der Waals surface area contributed by atoms with E-state index in [9.17, 15) is 4.79 Å². The van der Waals surface area contributed by atoms with E-state index in [0.29, 0.717) is 11.9 Å². The average molecular weight is 275 g/mol. The highest BCUT2D eigenvalue weighted by Crippen LogP contribution is 2.25. The summed E-state index contributed by atoms with van der Waals surface area (Å²) in [6.45, 7) is 6.18. The quantitative estimate of drug-likeness (QED) is 0.720. The van der Waals surface area contributed by atoms with Gasteiger partial charge in [-0.1, -0.05) is 5.16 Å². The summed E-state index contributed by atoms with van der Waals surface area (Å²) in [5.41, 5.74) is 1.72. The molecule has 3 aromatic heterocycles. The number of hydrogen-bond acceptors (Lipinski definition) is 5. The first-order chi connectivity index (χ1) is 9.06. The SMILES string of the molecule is Cc1cc(Cn2cnc3sc(C)c(C)c3c2=O)no1. The maximum absolute atomic E-state index is 12.4. The second-order valence-electron chi connectivity index (χ2n) is 4.57. The van der Waals surface area contributed by atoms with Crippen LogP contribution in [0.25, 0.3) is 10.2 Å². The van der Waals surface area contributed by atoms with Gasteiger partial charge in [0, 0.05) is 10.9 Å². The van der Waals surface area contributed by atoms with Gasteiger partial charge in [0.2, 0.25) is 0 Å². The summed E-state index contributed by atoms with van der Waals surface area (Å²) in [4.78, 5) is 18.7. The van der Waals surface area contributed by atoms with Crippen LogP contribution in [-0.4, -0.2) is 14.7 Å². The molecule has 0 saturated carbocycles. The Bertz CT molecular complexity index is 813. The minimum Gasteiger partial charge on any atom is -0.361 e. The molecule has 0 aliphatic heterocycles. The molecule has 3 aromatic rings. The molecule has 98 valence electrons. The van der Waals surface area contributed by atoms with E-state index in [0.717, 1.165) is 26.7 Å². The summed E-state index contributed by atoms with van der Waals surface area (Å²) in [6.07, 6.45) is 1.57. The lowest BCUT2D eigenvalue weighted by Crippen LogP contribution is -2.21. The summed E-state index contributed by atoms with van der Waals surface area (Å²) in [7, 11) is 0. The molecule has 0 radical (unpaired) electrons. The standard InChI is InChI=1S/C13H13N3O2S/c1-7-4-10(15-18-7)5-16-6-14-12-11(13(16)17)8(2)9(3)19-12/h4,6H,5H2,1-3H3. The molecular formula is C13H13N3O2S. The van der Waals surface area contributed by atoms with Crippen molar-refractivity contribution >= 4 is 21.6 Å². The van der Waals surface area contributed by atoms with Gasteiger partial charge in [0.25, 0.3) is 5.56 Å². The minimum atomic E-state index is -0.0208. The zero-order valence-corrected chi connectivity index (χ0v) is 11.7. The summed E-state index contributed by atoms with van der Waals surface area (Å²) >= 11 is 1.55. The molecule has 0 spiro atoms. The molecule has 0 aliphatic rings. The first kappa shape index (κ1) is 12.1. The summed E-state index contributed by atoms with van der Waals surface area (Å²) in [5.74, 6) is 0.736. The summed E-state index contributed by atoms with van der Waals surface area (Å²) < 4.78 is 6.58. The predicted molar refractivity (Wildman–Crippen MR) is 73.7 cm³/mol. The van der Waals surface area contributed by atoms with Gasteiger partial charge < -0.3 is 4.52 Å². The van der Waals surface area contributed by atoms with Crippen LogP contribution in [0.3, 0.4) is 0 Å². The lowest BCUT2D eigenvalue weighted by Gasteiger charge is -2.02. The molecule has 3 rings (SSSR count). The normalized spacial score (nSPS) is 11.3. The fraction of sp³-hybridized carbons (Fsp3) is 0.308. The number of nitrogens with zero attached hydrogens (tertiary/aromatic N) is 3. The van der Waals surface area contributed by atoms with E-state index in [2.05, 4.69) is 10.1 Å². The monoisotopic (exact) mass is 275 g/mol. The molecule has 5 nitrogen and oxygen atoms in total. The van der Waals surface area contributed by atoms with Gasteiger partial charge in [0.15, 0.2) is 0 Å². The number of fused-ring (bicyclic) bond motifs is 1. The van der Waals surface area contributed by atoms with E-state index in [-0.39, 0.29) is 5.56 Å². The fourth-order valence-electron chi connectivity index (χ4n) is 2.05. The molecule has 0 aliphatic carbocycles. The van der Waals surface area contributed by atoms with Gasteiger partial charge in [0.1, 0.15) is 16.3 Å². The largest absolute Gasteiger partial charge is 0.361 e. The van der Waals surface area contributed by atoms with E-state index in [4.69, 9.17) is 4.52 Å². The maximum Gasteiger partial charge on any atom is 0.262 e. The van der Waals surface area contributed by atoms with Crippen molar-refractivity contribution in [1.82, 2.24) is 14.7 Å². The number of rotatable bonds is 2. The van der Waals surface area contributed by atoms with E-state index in [1.54, 1.807) is 22.2 Å². The zero-order valence-electron chi connectivity index (χ0n) is 10.9. The highest BCUT2D eigenvalue weighted by atomic mass is 32.1. The third-order valence-corrected chi connectivity index (χ3v) is 4.28. The Labute approximate surface area is 113 Å². The third-order valence-electron chi connectivity index (χ3n) is 3.16. The lowest BCUT2D eigenvalue weighted by atomic mass is 10.2. The number of aromatic nitrogens is 3. The van der Waals surface area contributed by atoms with Crippen molar-refractivity contribution in [1.29, 1.82) is 0 Å². The van der Waals surface area contributed by atoms with Crippen molar-refractivity contribution in [3.8, 4) is 0 Å². The molecule has 6 heteroatoms. The van der Waals surface area contributed by atoms with Gasteiger partial charge in [-0.2, -0.15) is 0 Å². The van der Waals surface area contributed by atoms with Crippen LogP contribution in [0.1, 0.15) is 21.9 Å². The van der Waals surface area contributed by atoms with Crippen LogP contribution in [0.15, 0.2) is 21.7 Å². The van der Waals surface area contributed by atoms with Crippen molar-refractivity contribution in [2.24, 2.45) is 0 Å². The molecule has 0 atom stereocenters. The van der Waals surface area contributed by atoms with Crippen molar-refractivity contribution in [2.75, 3.05) is 0 Å². The second-order valence-corrected chi connectivity index (χ2v) is 5.77. The van der Waals surface area contributed by atoms with Crippen LogP contribution in [0, 0.1) is 20.8 Å². The Hall–Kier alpha value is -1.95. The zero-order chi connectivity index (χ0) is 13.6. The van der Waals surface area contributed by atoms with Crippen LogP contribution < -0.4 is 5.56 Å². The van der Waals surface area contributed by atoms with Gasteiger partial charge in [-0.3, -0.25) is 9.36 Å². The molecule has 0 saturated heterocycles. The molecule has 0 unspecified atom stereocenters. The highest BCUT2D eigenvalue weighted by molar-refractivity contribution is 7.18. The molecule has 19 heavy (non-hydrogen) atoms. The topological polar surface area (TPSA) is 60.9 Å². The van der Waals surface area contributed by atoms with E-state index in [1.807, 2.05) is 26.8 Å². The van der Waals surface area contributed by atoms with Gasteiger partial charge in [0.05, 0.1) is 18.3 Å². The highest BCUT2D eigenvalue weighted by Gasteiger charge is 2.12. The number of hydrogen-bond donors (Lipinski definition) is 0. The lowest BCUT2D eigenvalue weighted by molar-refractivity contribution is 0.388. The molecular weight excluding hydrogens is 262 g/mol. The average Bonchev–Trinajstić information content (AvgIpc) is 2.89. The molecule has 0 N–H and O–H groups in total. The Morgan fingerprint density at radius 2 is 2.16 bits per heavy atom. The van der Waals surface area contributed by atoms with Crippen LogP contribution in [0.5, 0.6) is 0 Å². The van der Waals surface area contributed by atoms with Crippen molar-refractivity contribution in [3.63, 3.8) is 0 Å². The number of thiophene rings is 1. The van der Waals surface area contributed by atoms with Crippen LogP contribution in [-0.2, 0) is 6.54 Å². The van der Waals surface area contributed by atoms with Gasteiger partial charge in [-0.15, -0.1) is 11.3 Å². The van der Waals surface area contributed by atoms with Crippen LogP contribution >= 0.6 is 11.3 Å². The van der Waals surface area contributed by atoms with Crippen molar-refractivity contribution < 1.29 is 4.52 Å². The van der Waals surface area contributed by atoms with E-state index in [1.165, 1.54) is 0 Å². The van der Waals surface area contributed by atoms with Crippen molar-refractivity contribution in [2.45, 2.75) is 27.3 Å². The number of aryl methyl sites for hydroxylation is 3. The van der Waals surface area contributed by atoms with Crippen molar-refractivity contribution in [3.05, 3.63) is 44.6 Å². The predicted octanol–water partition coefficient (Wildman–Crippen LogP) is 2.42.